The van der Waals surface area contributed by atoms with Crippen LogP contribution in [0.1, 0.15) is 12.0 Å². The minimum absolute atomic E-state index is 0.173. The Morgan fingerprint density at radius 3 is 3.14 bits per heavy atom. The molecule has 2 heterocycles. The summed E-state index contributed by atoms with van der Waals surface area (Å²) in [7, 11) is 0. The summed E-state index contributed by atoms with van der Waals surface area (Å²) in [4.78, 5) is 6.22. The number of pyridine rings is 1. The van der Waals surface area contributed by atoms with E-state index in [0.717, 1.165) is 31.6 Å². The van der Waals surface area contributed by atoms with E-state index in [4.69, 9.17) is 5.73 Å². The summed E-state index contributed by atoms with van der Waals surface area (Å²) in [5.74, 6) is 0.592. The topological polar surface area (TPSA) is 62.4 Å². The number of nitrogen functional groups attached to an aromatic ring is 1. The van der Waals surface area contributed by atoms with E-state index in [0.29, 0.717) is 5.82 Å². The fourth-order valence-corrected chi connectivity index (χ4v) is 1.78. The SMILES string of the molecule is Nc1ncccc1CN1CCC(O)C1. The van der Waals surface area contributed by atoms with E-state index in [1.54, 1.807) is 6.20 Å². The zero-order valence-corrected chi connectivity index (χ0v) is 8.06. The molecule has 2 rings (SSSR count). The van der Waals surface area contributed by atoms with Gasteiger partial charge in [0.2, 0.25) is 0 Å². The molecule has 1 unspecified atom stereocenters. The van der Waals surface area contributed by atoms with Crippen LogP contribution in [0.4, 0.5) is 5.82 Å². The zero-order chi connectivity index (χ0) is 9.97. The third-order valence-electron chi connectivity index (χ3n) is 2.57. The number of aliphatic hydroxyl groups excluding tert-OH is 1. The molecular weight excluding hydrogens is 178 g/mol. The van der Waals surface area contributed by atoms with Gasteiger partial charge in [-0.05, 0) is 12.5 Å². The van der Waals surface area contributed by atoms with Crippen LogP contribution in [0.2, 0.25) is 0 Å². The van der Waals surface area contributed by atoms with Gasteiger partial charge in [0, 0.05) is 31.4 Å². The van der Waals surface area contributed by atoms with Crippen molar-refractivity contribution in [2.24, 2.45) is 0 Å². The van der Waals surface area contributed by atoms with E-state index in [2.05, 4.69) is 9.88 Å². The summed E-state index contributed by atoms with van der Waals surface area (Å²) in [5.41, 5.74) is 6.78. The number of hydrogen-bond acceptors (Lipinski definition) is 4. The quantitative estimate of drug-likeness (QED) is 0.706. The van der Waals surface area contributed by atoms with Crippen molar-refractivity contribution in [2.45, 2.75) is 19.1 Å². The van der Waals surface area contributed by atoms with Crippen LogP contribution in [0.5, 0.6) is 0 Å². The molecule has 0 spiro atoms. The lowest BCUT2D eigenvalue weighted by atomic mass is 10.2. The molecule has 0 radical (unpaired) electrons. The van der Waals surface area contributed by atoms with E-state index in [1.165, 1.54) is 0 Å². The Hall–Kier alpha value is -1.13. The van der Waals surface area contributed by atoms with Gasteiger partial charge < -0.3 is 10.8 Å². The molecule has 14 heavy (non-hydrogen) atoms. The summed E-state index contributed by atoms with van der Waals surface area (Å²) in [6.45, 7) is 2.47. The molecule has 1 aromatic heterocycles. The van der Waals surface area contributed by atoms with Crippen molar-refractivity contribution < 1.29 is 5.11 Å². The van der Waals surface area contributed by atoms with Crippen LogP contribution >= 0.6 is 0 Å². The number of β-amino-alcohol motifs (C(OH)–C–C–N with tert-alkyl or cyclic N) is 1. The van der Waals surface area contributed by atoms with Crippen molar-refractivity contribution in [2.75, 3.05) is 18.8 Å². The number of likely N-dealkylation sites (tertiary alicyclic amines) is 1. The van der Waals surface area contributed by atoms with Gasteiger partial charge in [-0.3, -0.25) is 4.90 Å². The number of aromatic nitrogens is 1. The molecule has 0 saturated carbocycles. The van der Waals surface area contributed by atoms with E-state index < -0.39 is 0 Å². The smallest absolute Gasteiger partial charge is 0.127 e. The second kappa shape index (κ2) is 3.94. The molecule has 3 N–H and O–H groups in total. The van der Waals surface area contributed by atoms with Gasteiger partial charge in [0.05, 0.1) is 6.10 Å². The first kappa shape index (κ1) is 9.43. The van der Waals surface area contributed by atoms with Gasteiger partial charge in [-0.25, -0.2) is 4.98 Å². The second-order valence-corrected chi connectivity index (χ2v) is 3.73. The van der Waals surface area contributed by atoms with Crippen LogP contribution in [-0.4, -0.2) is 34.2 Å². The largest absolute Gasteiger partial charge is 0.392 e. The minimum Gasteiger partial charge on any atom is -0.392 e. The number of hydrogen-bond donors (Lipinski definition) is 2. The van der Waals surface area contributed by atoms with E-state index in [9.17, 15) is 5.11 Å². The van der Waals surface area contributed by atoms with Crippen molar-refractivity contribution >= 4 is 5.82 Å². The standard InChI is InChI=1S/C10H15N3O/c11-10-8(2-1-4-12-10)6-13-5-3-9(14)7-13/h1-2,4,9,14H,3,5-7H2,(H2,11,12). The van der Waals surface area contributed by atoms with Gasteiger partial charge in [0.15, 0.2) is 0 Å². The lowest BCUT2D eigenvalue weighted by Gasteiger charge is -2.15. The summed E-state index contributed by atoms with van der Waals surface area (Å²) < 4.78 is 0. The molecule has 1 aromatic rings. The number of nitrogens with two attached hydrogens (primary N) is 1. The maximum Gasteiger partial charge on any atom is 0.127 e. The second-order valence-electron chi connectivity index (χ2n) is 3.73. The van der Waals surface area contributed by atoms with Gasteiger partial charge >= 0.3 is 0 Å². The van der Waals surface area contributed by atoms with Crippen LogP contribution in [0.15, 0.2) is 18.3 Å². The average molecular weight is 193 g/mol. The predicted molar refractivity (Wildman–Crippen MR) is 54.6 cm³/mol. The monoisotopic (exact) mass is 193 g/mol. The Morgan fingerprint density at radius 1 is 1.64 bits per heavy atom. The lowest BCUT2D eigenvalue weighted by Crippen LogP contribution is -2.22. The summed E-state index contributed by atoms with van der Waals surface area (Å²) in [6, 6.07) is 3.87. The molecule has 0 aromatic carbocycles. The maximum absolute atomic E-state index is 9.36. The van der Waals surface area contributed by atoms with Gasteiger partial charge in [-0.1, -0.05) is 6.07 Å². The highest BCUT2D eigenvalue weighted by Crippen LogP contribution is 2.15. The Balaban J connectivity index is 2.01. The fraction of sp³-hybridized carbons (Fsp3) is 0.500. The van der Waals surface area contributed by atoms with Crippen LogP contribution < -0.4 is 5.73 Å². The molecular formula is C10H15N3O. The molecule has 0 amide bonds. The molecule has 1 fully saturated rings. The van der Waals surface area contributed by atoms with Gasteiger partial charge in [-0.2, -0.15) is 0 Å². The van der Waals surface area contributed by atoms with Gasteiger partial charge in [0.25, 0.3) is 0 Å². The minimum atomic E-state index is -0.173. The highest BCUT2D eigenvalue weighted by Gasteiger charge is 2.20. The van der Waals surface area contributed by atoms with E-state index in [1.807, 2.05) is 12.1 Å². The van der Waals surface area contributed by atoms with Crippen molar-refractivity contribution in [3.63, 3.8) is 0 Å². The first-order valence-corrected chi connectivity index (χ1v) is 4.85. The Bertz CT molecular complexity index is 316. The number of anilines is 1. The highest BCUT2D eigenvalue weighted by molar-refractivity contribution is 5.38. The van der Waals surface area contributed by atoms with Crippen molar-refractivity contribution in [1.29, 1.82) is 0 Å². The van der Waals surface area contributed by atoms with Crippen LogP contribution in [0, 0.1) is 0 Å². The lowest BCUT2D eigenvalue weighted by molar-refractivity contribution is 0.175. The molecule has 1 aliphatic heterocycles. The molecule has 4 heteroatoms. The summed E-state index contributed by atoms with van der Waals surface area (Å²) >= 11 is 0. The Kier molecular flexibility index (Phi) is 2.65. The third kappa shape index (κ3) is 2.02. The fourth-order valence-electron chi connectivity index (χ4n) is 1.78. The van der Waals surface area contributed by atoms with Crippen molar-refractivity contribution in [1.82, 2.24) is 9.88 Å². The third-order valence-corrected chi connectivity index (χ3v) is 2.57. The Labute approximate surface area is 83.4 Å². The summed E-state index contributed by atoms with van der Waals surface area (Å²) in [6.07, 6.45) is 2.38. The molecule has 1 saturated heterocycles. The normalized spacial score (nSPS) is 22.8. The van der Waals surface area contributed by atoms with Gasteiger partial charge in [0.1, 0.15) is 5.82 Å². The van der Waals surface area contributed by atoms with E-state index in [-0.39, 0.29) is 6.10 Å². The molecule has 1 aliphatic rings. The molecule has 0 bridgehead atoms. The highest BCUT2D eigenvalue weighted by atomic mass is 16.3. The Morgan fingerprint density at radius 2 is 2.50 bits per heavy atom. The summed E-state index contributed by atoms with van der Waals surface area (Å²) in [5, 5.41) is 9.36. The average Bonchev–Trinajstić information content (AvgIpc) is 2.56. The first-order chi connectivity index (χ1) is 6.75. The van der Waals surface area contributed by atoms with Crippen LogP contribution in [0.3, 0.4) is 0 Å². The first-order valence-electron chi connectivity index (χ1n) is 4.85. The van der Waals surface area contributed by atoms with Crippen molar-refractivity contribution in [3.8, 4) is 0 Å². The molecule has 76 valence electrons. The number of rotatable bonds is 2. The van der Waals surface area contributed by atoms with E-state index >= 15 is 0 Å². The predicted octanol–water partition coefficient (Wildman–Crippen LogP) is 0.230. The molecule has 1 atom stereocenters. The zero-order valence-electron chi connectivity index (χ0n) is 8.06. The van der Waals surface area contributed by atoms with Crippen molar-refractivity contribution in [3.05, 3.63) is 23.9 Å². The van der Waals surface area contributed by atoms with Crippen LogP contribution in [0.25, 0.3) is 0 Å². The van der Waals surface area contributed by atoms with Crippen LogP contribution in [-0.2, 0) is 6.54 Å². The number of nitrogens with zero attached hydrogens (tertiary/aromatic N) is 2. The maximum atomic E-state index is 9.36. The van der Waals surface area contributed by atoms with Gasteiger partial charge in [-0.15, -0.1) is 0 Å². The molecule has 4 nitrogen and oxygen atoms in total. The number of aliphatic hydroxyl groups is 1. The molecule has 0 aliphatic carbocycles.